The molecule has 7 nitrogen and oxygen atoms in total. The van der Waals surface area contributed by atoms with Crippen LogP contribution in [0.4, 0.5) is 14.9 Å². The van der Waals surface area contributed by atoms with Gasteiger partial charge in [0.2, 0.25) is 0 Å². The predicted molar refractivity (Wildman–Crippen MR) is 91.6 cm³/mol. The van der Waals surface area contributed by atoms with E-state index in [1.807, 2.05) is 6.92 Å². The van der Waals surface area contributed by atoms with Crippen molar-refractivity contribution in [3.63, 3.8) is 0 Å². The number of nitrogens with zero attached hydrogens (tertiary/aromatic N) is 3. The number of benzene rings is 1. The second-order valence-electron chi connectivity index (χ2n) is 5.68. The minimum atomic E-state index is -1.13. The second kappa shape index (κ2) is 6.86. The third kappa shape index (κ3) is 3.58. The van der Waals surface area contributed by atoms with E-state index in [4.69, 9.17) is 0 Å². The summed E-state index contributed by atoms with van der Waals surface area (Å²) >= 11 is 0. The maximum absolute atomic E-state index is 13.6. The number of halogens is 1. The standard InChI is InChI=1S/C17H18FN5O2/c1-10-13-7-11(8-19-16(13)23(2)22-10)21-17(25)20-9-15(24)12-5-3-4-6-14(12)18/h3-8,15,24H,9H2,1-2H3,(H2,20,21,25). The summed E-state index contributed by atoms with van der Waals surface area (Å²) in [5.74, 6) is -0.515. The molecule has 0 saturated carbocycles. The van der Waals surface area contributed by atoms with Gasteiger partial charge in [-0.2, -0.15) is 5.10 Å². The number of carbonyl (C=O) groups excluding carboxylic acids is 1. The monoisotopic (exact) mass is 343 g/mol. The zero-order valence-corrected chi connectivity index (χ0v) is 13.8. The Morgan fingerprint density at radius 3 is 2.92 bits per heavy atom. The van der Waals surface area contributed by atoms with Crippen molar-refractivity contribution in [3.05, 3.63) is 53.6 Å². The molecule has 1 unspecified atom stereocenters. The van der Waals surface area contributed by atoms with Crippen LogP contribution < -0.4 is 10.6 Å². The van der Waals surface area contributed by atoms with Gasteiger partial charge in [0, 0.05) is 24.5 Å². The Bertz CT molecular complexity index is 925. The van der Waals surface area contributed by atoms with Crippen LogP contribution >= 0.6 is 0 Å². The molecule has 0 radical (unpaired) electrons. The Morgan fingerprint density at radius 1 is 1.40 bits per heavy atom. The van der Waals surface area contributed by atoms with Gasteiger partial charge in [0.05, 0.1) is 23.7 Å². The molecule has 2 heterocycles. The summed E-state index contributed by atoms with van der Waals surface area (Å²) < 4.78 is 15.3. The van der Waals surface area contributed by atoms with Crippen molar-refractivity contribution < 1.29 is 14.3 Å². The van der Waals surface area contributed by atoms with Crippen molar-refractivity contribution in [3.8, 4) is 0 Å². The molecule has 0 fully saturated rings. The van der Waals surface area contributed by atoms with Gasteiger partial charge in [-0.15, -0.1) is 0 Å². The number of anilines is 1. The third-order valence-electron chi connectivity index (χ3n) is 3.84. The maximum Gasteiger partial charge on any atom is 0.319 e. The average Bonchev–Trinajstić information content (AvgIpc) is 2.87. The van der Waals surface area contributed by atoms with E-state index in [0.717, 1.165) is 16.7 Å². The fourth-order valence-corrected chi connectivity index (χ4v) is 2.60. The normalized spacial score (nSPS) is 12.2. The van der Waals surface area contributed by atoms with Gasteiger partial charge < -0.3 is 15.7 Å². The first-order valence-electron chi connectivity index (χ1n) is 7.72. The van der Waals surface area contributed by atoms with Crippen LogP contribution in [0.5, 0.6) is 0 Å². The highest BCUT2D eigenvalue weighted by Crippen LogP contribution is 2.19. The van der Waals surface area contributed by atoms with Crippen molar-refractivity contribution in [2.24, 2.45) is 7.05 Å². The lowest BCUT2D eigenvalue weighted by atomic mass is 10.1. The van der Waals surface area contributed by atoms with Crippen LogP contribution in [0.3, 0.4) is 0 Å². The van der Waals surface area contributed by atoms with E-state index in [0.29, 0.717) is 5.69 Å². The number of carbonyl (C=O) groups is 1. The molecule has 130 valence electrons. The molecule has 1 aromatic carbocycles. The number of pyridine rings is 1. The summed E-state index contributed by atoms with van der Waals surface area (Å²) in [6.07, 6.45) is 0.393. The summed E-state index contributed by atoms with van der Waals surface area (Å²) in [5.41, 5.74) is 2.17. The molecule has 3 aromatic rings. The Labute approximate surface area is 143 Å². The van der Waals surface area contributed by atoms with Crippen molar-refractivity contribution >= 4 is 22.8 Å². The van der Waals surface area contributed by atoms with Gasteiger partial charge in [-0.25, -0.2) is 14.2 Å². The van der Waals surface area contributed by atoms with E-state index in [9.17, 15) is 14.3 Å². The number of aryl methyl sites for hydroxylation is 2. The Morgan fingerprint density at radius 2 is 2.16 bits per heavy atom. The lowest BCUT2D eigenvalue weighted by Crippen LogP contribution is -2.32. The molecule has 0 aliphatic heterocycles. The molecule has 0 spiro atoms. The van der Waals surface area contributed by atoms with Gasteiger partial charge >= 0.3 is 6.03 Å². The highest BCUT2D eigenvalue weighted by Gasteiger charge is 2.14. The summed E-state index contributed by atoms with van der Waals surface area (Å²) in [5, 5.41) is 20.2. The van der Waals surface area contributed by atoms with E-state index in [1.165, 1.54) is 24.4 Å². The number of amides is 2. The highest BCUT2D eigenvalue weighted by atomic mass is 19.1. The summed E-state index contributed by atoms with van der Waals surface area (Å²) in [4.78, 5) is 16.3. The number of fused-ring (bicyclic) bond motifs is 1. The quantitative estimate of drug-likeness (QED) is 0.678. The molecule has 3 rings (SSSR count). The number of hydrogen-bond acceptors (Lipinski definition) is 4. The van der Waals surface area contributed by atoms with E-state index < -0.39 is 18.0 Å². The SMILES string of the molecule is Cc1nn(C)c2ncc(NC(=O)NCC(O)c3ccccc3F)cc12. The molecular formula is C17H18FN5O2. The minimum absolute atomic E-state index is 0.117. The first-order chi connectivity index (χ1) is 12.0. The van der Waals surface area contributed by atoms with Gasteiger partial charge in [0.25, 0.3) is 0 Å². The van der Waals surface area contributed by atoms with Gasteiger partial charge in [0.1, 0.15) is 5.82 Å². The molecule has 0 saturated heterocycles. The lowest BCUT2D eigenvalue weighted by Gasteiger charge is -2.13. The second-order valence-corrected chi connectivity index (χ2v) is 5.68. The molecule has 2 aromatic heterocycles. The number of rotatable bonds is 4. The number of urea groups is 1. The maximum atomic E-state index is 13.6. The van der Waals surface area contributed by atoms with E-state index in [-0.39, 0.29) is 12.1 Å². The number of aliphatic hydroxyl groups is 1. The van der Waals surface area contributed by atoms with Crippen molar-refractivity contribution in [2.75, 3.05) is 11.9 Å². The molecule has 2 amide bonds. The fraction of sp³-hybridized carbons (Fsp3) is 0.235. The van der Waals surface area contributed by atoms with Crippen molar-refractivity contribution in [2.45, 2.75) is 13.0 Å². The Kier molecular flexibility index (Phi) is 4.62. The van der Waals surface area contributed by atoms with Crippen LogP contribution in [0.25, 0.3) is 11.0 Å². The van der Waals surface area contributed by atoms with E-state index >= 15 is 0 Å². The van der Waals surface area contributed by atoms with Crippen molar-refractivity contribution in [1.82, 2.24) is 20.1 Å². The average molecular weight is 343 g/mol. The molecule has 0 bridgehead atoms. The molecule has 8 heteroatoms. The van der Waals surface area contributed by atoms with Gasteiger partial charge in [-0.3, -0.25) is 4.68 Å². The smallest absolute Gasteiger partial charge is 0.319 e. The fourth-order valence-electron chi connectivity index (χ4n) is 2.60. The molecule has 0 aliphatic carbocycles. The van der Waals surface area contributed by atoms with Crippen LogP contribution in [-0.2, 0) is 7.05 Å². The number of nitrogens with one attached hydrogen (secondary N) is 2. The largest absolute Gasteiger partial charge is 0.386 e. The predicted octanol–water partition coefficient (Wildman–Crippen LogP) is 2.27. The molecule has 0 aliphatic rings. The first-order valence-corrected chi connectivity index (χ1v) is 7.72. The summed E-state index contributed by atoms with van der Waals surface area (Å²) in [6, 6.07) is 7.15. The van der Waals surface area contributed by atoms with Gasteiger partial charge in [-0.05, 0) is 19.1 Å². The zero-order valence-electron chi connectivity index (χ0n) is 13.8. The molecule has 3 N–H and O–H groups in total. The zero-order chi connectivity index (χ0) is 18.0. The van der Waals surface area contributed by atoms with Crippen molar-refractivity contribution in [1.29, 1.82) is 0 Å². The number of aliphatic hydroxyl groups excluding tert-OH is 1. The summed E-state index contributed by atoms with van der Waals surface area (Å²) in [6.45, 7) is 1.74. The van der Waals surface area contributed by atoms with Gasteiger partial charge in [0.15, 0.2) is 5.65 Å². The van der Waals surface area contributed by atoms with Crippen LogP contribution in [0, 0.1) is 12.7 Å². The highest BCUT2D eigenvalue weighted by molar-refractivity contribution is 5.92. The van der Waals surface area contributed by atoms with Crippen LogP contribution in [-0.4, -0.2) is 32.4 Å². The first kappa shape index (κ1) is 16.8. The third-order valence-corrected chi connectivity index (χ3v) is 3.84. The summed E-state index contributed by atoms with van der Waals surface area (Å²) in [7, 11) is 1.80. The number of hydrogen-bond donors (Lipinski definition) is 3. The molecule has 1 atom stereocenters. The van der Waals surface area contributed by atoms with E-state index in [1.54, 1.807) is 23.9 Å². The minimum Gasteiger partial charge on any atom is -0.386 e. The molecule has 25 heavy (non-hydrogen) atoms. The Hall–Kier alpha value is -3.00. The lowest BCUT2D eigenvalue weighted by molar-refractivity contribution is 0.170. The van der Waals surface area contributed by atoms with Gasteiger partial charge in [-0.1, -0.05) is 18.2 Å². The number of aromatic nitrogens is 3. The van der Waals surface area contributed by atoms with Crippen LogP contribution in [0.2, 0.25) is 0 Å². The van der Waals surface area contributed by atoms with E-state index in [2.05, 4.69) is 20.7 Å². The topological polar surface area (TPSA) is 92.1 Å². The molecular weight excluding hydrogens is 325 g/mol. The Balaban J connectivity index is 1.63. The van der Waals surface area contributed by atoms with Crippen LogP contribution in [0.1, 0.15) is 17.4 Å². The van der Waals surface area contributed by atoms with Crippen LogP contribution in [0.15, 0.2) is 36.5 Å².